The first-order valence-corrected chi connectivity index (χ1v) is 12.9. The van der Waals surface area contributed by atoms with E-state index in [0.29, 0.717) is 69.0 Å². The third kappa shape index (κ3) is 8.05. The van der Waals surface area contributed by atoms with Crippen molar-refractivity contribution < 1.29 is 23.7 Å². The Labute approximate surface area is 236 Å². The van der Waals surface area contributed by atoms with E-state index in [2.05, 4.69) is 17.1 Å². The lowest BCUT2D eigenvalue weighted by atomic mass is 10.2. The molecule has 0 aliphatic carbocycles. The molecule has 0 fully saturated rings. The fraction of sp³-hybridized carbons (Fsp3) is 0.214. The van der Waals surface area contributed by atoms with Gasteiger partial charge in [-0.2, -0.15) is 5.10 Å². The lowest BCUT2D eigenvalue weighted by Crippen LogP contribution is -2.17. The first-order valence-electron chi connectivity index (χ1n) is 11.7. The van der Waals surface area contributed by atoms with E-state index in [1.807, 2.05) is 13.8 Å². The molecule has 0 aliphatic rings. The molecule has 3 aromatic carbocycles. The zero-order chi connectivity index (χ0) is 27.5. The Morgan fingerprint density at radius 2 is 1.66 bits per heavy atom. The number of hydrazone groups is 1. The molecule has 0 aliphatic heterocycles. The van der Waals surface area contributed by atoms with Crippen LogP contribution in [-0.4, -0.2) is 31.9 Å². The van der Waals surface area contributed by atoms with E-state index >= 15 is 0 Å². The zero-order valence-electron chi connectivity index (χ0n) is 20.9. The molecule has 1 amide bonds. The summed E-state index contributed by atoms with van der Waals surface area (Å²) in [6, 6.07) is 13.4. The van der Waals surface area contributed by atoms with E-state index in [1.54, 1.807) is 54.6 Å². The number of halogens is 3. The normalized spacial score (nSPS) is 10.8. The molecule has 3 rings (SSSR count). The second kappa shape index (κ2) is 14.5. The number of hydrogen-bond acceptors (Lipinski definition) is 6. The Hall–Kier alpha value is -3.39. The van der Waals surface area contributed by atoms with Crippen molar-refractivity contribution in [2.45, 2.75) is 20.5 Å². The van der Waals surface area contributed by atoms with Crippen LogP contribution in [0.2, 0.25) is 15.1 Å². The molecule has 200 valence electrons. The van der Waals surface area contributed by atoms with Crippen molar-refractivity contribution in [3.63, 3.8) is 0 Å². The van der Waals surface area contributed by atoms with Gasteiger partial charge in [-0.05, 0) is 61.9 Å². The molecular weight excluding hydrogens is 551 g/mol. The lowest BCUT2D eigenvalue weighted by Gasteiger charge is -2.15. The molecule has 0 radical (unpaired) electrons. The maximum atomic E-state index is 12.6. The summed E-state index contributed by atoms with van der Waals surface area (Å²) in [5.41, 5.74) is 4.20. The van der Waals surface area contributed by atoms with Crippen LogP contribution < -0.4 is 24.4 Å². The molecule has 0 aromatic heterocycles. The molecule has 0 saturated carbocycles. The molecule has 0 unspecified atom stereocenters. The lowest BCUT2D eigenvalue weighted by molar-refractivity contribution is 0.0954. The van der Waals surface area contributed by atoms with Crippen molar-refractivity contribution in [2.24, 2.45) is 5.10 Å². The molecule has 0 atom stereocenters. The van der Waals surface area contributed by atoms with Gasteiger partial charge in [0.2, 0.25) is 0 Å². The fourth-order valence-electron chi connectivity index (χ4n) is 3.27. The molecule has 0 bridgehead atoms. The largest absolute Gasteiger partial charge is 0.490 e. The summed E-state index contributed by atoms with van der Waals surface area (Å²) in [4.78, 5) is 12.6. The van der Waals surface area contributed by atoms with Crippen molar-refractivity contribution in [3.8, 4) is 23.0 Å². The second-order valence-corrected chi connectivity index (χ2v) is 8.93. The van der Waals surface area contributed by atoms with E-state index in [0.717, 1.165) is 5.56 Å². The van der Waals surface area contributed by atoms with Crippen LogP contribution in [0.15, 0.2) is 66.3 Å². The van der Waals surface area contributed by atoms with Crippen molar-refractivity contribution in [3.05, 3.63) is 92.9 Å². The first kappa shape index (κ1) is 29.2. The van der Waals surface area contributed by atoms with Gasteiger partial charge in [-0.25, -0.2) is 5.43 Å². The Morgan fingerprint density at radius 3 is 2.37 bits per heavy atom. The summed E-state index contributed by atoms with van der Waals surface area (Å²) in [7, 11) is 0. The van der Waals surface area contributed by atoms with E-state index in [4.69, 9.17) is 53.8 Å². The monoisotopic (exact) mass is 576 g/mol. The highest BCUT2D eigenvalue weighted by molar-refractivity contribution is 6.35. The minimum atomic E-state index is -0.423. The third-order valence-corrected chi connectivity index (χ3v) is 5.83. The highest BCUT2D eigenvalue weighted by Crippen LogP contribution is 2.37. The van der Waals surface area contributed by atoms with Crippen LogP contribution in [0.3, 0.4) is 0 Å². The van der Waals surface area contributed by atoms with Crippen LogP contribution in [0.25, 0.3) is 0 Å². The van der Waals surface area contributed by atoms with E-state index in [9.17, 15) is 4.79 Å². The highest BCUT2D eigenvalue weighted by Gasteiger charge is 2.14. The van der Waals surface area contributed by atoms with Gasteiger partial charge in [0, 0.05) is 21.2 Å². The molecular formula is C28H27Cl3N2O5. The van der Waals surface area contributed by atoms with Gasteiger partial charge in [-0.1, -0.05) is 53.5 Å². The molecule has 10 heteroatoms. The van der Waals surface area contributed by atoms with Crippen LogP contribution in [-0.2, 0) is 6.61 Å². The van der Waals surface area contributed by atoms with Crippen LogP contribution in [0, 0.1) is 0 Å². The fourth-order valence-corrected chi connectivity index (χ4v) is 4.01. The molecule has 7 nitrogen and oxygen atoms in total. The predicted octanol–water partition coefficient (Wildman–Crippen LogP) is 7.35. The van der Waals surface area contributed by atoms with Gasteiger partial charge in [0.1, 0.15) is 13.2 Å². The third-order valence-electron chi connectivity index (χ3n) is 4.96. The average molecular weight is 578 g/mol. The number of nitrogens with one attached hydrogen (secondary N) is 1. The maximum Gasteiger partial charge on any atom is 0.271 e. The molecule has 3 aromatic rings. The number of rotatable bonds is 13. The van der Waals surface area contributed by atoms with E-state index in [1.165, 1.54) is 6.21 Å². The van der Waals surface area contributed by atoms with Crippen LogP contribution >= 0.6 is 34.8 Å². The minimum absolute atomic E-state index is 0.167. The summed E-state index contributed by atoms with van der Waals surface area (Å²) in [5.74, 6) is 1.34. The zero-order valence-corrected chi connectivity index (χ0v) is 23.2. The molecule has 0 heterocycles. The maximum absolute atomic E-state index is 12.6. The average Bonchev–Trinajstić information content (AvgIpc) is 2.88. The standard InChI is InChI=1S/C28H27Cl3N2O5/c1-4-11-37-24-10-8-19(14-25(24)35-5-2)28(34)33-32-16-18-12-23(31)27(26(13-18)36-6-3)38-17-20-7-9-21(29)15-22(20)30/h4,7-10,12-16H,1,5-6,11,17H2,2-3H3,(H,33,34)/b32-16+. The number of amides is 1. The molecule has 0 spiro atoms. The quantitative estimate of drug-likeness (QED) is 0.131. The SMILES string of the molecule is C=CCOc1ccc(C(=O)N/N=C/c2cc(Cl)c(OCc3ccc(Cl)cc3Cl)c(OCC)c2)cc1OCC. The number of nitrogens with zero attached hydrogens (tertiary/aromatic N) is 1. The topological polar surface area (TPSA) is 78.4 Å². The van der Waals surface area contributed by atoms with Gasteiger partial charge in [0.15, 0.2) is 23.0 Å². The number of carbonyl (C=O) groups excluding carboxylic acids is 1. The number of hydrogen-bond donors (Lipinski definition) is 1. The van der Waals surface area contributed by atoms with E-state index in [-0.39, 0.29) is 6.61 Å². The van der Waals surface area contributed by atoms with Crippen LogP contribution in [0.4, 0.5) is 0 Å². The highest BCUT2D eigenvalue weighted by atomic mass is 35.5. The van der Waals surface area contributed by atoms with Gasteiger partial charge in [0.05, 0.1) is 24.5 Å². The Balaban J connectivity index is 1.72. The van der Waals surface area contributed by atoms with Gasteiger partial charge < -0.3 is 18.9 Å². The van der Waals surface area contributed by atoms with Crippen molar-refractivity contribution in [1.29, 1.82) is 0 Å². The Bertz CT molecular complexity index is 1310. The summed E-state index contributed by atoms with van der Waals surface area (Å²) in [6.45, 7) is 8.62. The summed E-state index contributed by atoms with van der Waals surface area (Å²) in [5, 5.41) is 5.39. The molecule has 38 heavy (non-hydrogen) atoms. The Kier molecular flexibility index (Phi) is 11.1. The number of benzene rings is 3. The van der Waals surface area contributed by atoms with Crippen molar-refractivity contribution in [2.75, 3.05) is 19.8 Å². The van der Waals surface area contributed by atoms with Gasteiger partial charge in [-0.3, -0.25) is 4.79 Å². The predicted molar refractivity (Wildman–Crippen MR) is 152 cm³/mol. The first-order chi connectivity index (χ1) is 18.4. The van der Waals surface area contributed by atoms with Crippen molar-refractivity contribution in [1.82, 2.24) is 5.43 Å². The van der Waals surface area contributed by atoms with E-state index < -0.39 is 5.91 Å². The smallest absolute Gasteiger partial charge is 0.271 e. The van der Waals surface area contributed by atoms with Gasteiger partial charge >= 0.3 is 0 Å². The summed E-state index contributed by atoms with van der Waals surface area (Å²) < 4.78 is 22.8. The minimum Gasteiger partial charge on any atom is -0.490 e. The molecule has 0 saturated heterocycles. The van der Waals surface area contributed by atoms with Crippen LogP contribution in [0.1, 0.15) is 35.3 Å². The van der Waals surface area contributed by atoms with Crippen molar-refractivity contribution >= 4 is 46.9 Å². The van der Waals surface area contributed by atoms with Gasteiger partial charge in [0.25, 0.3) is 5.91 Å². The number of ether oxygens (including phenoxy) is 4. The summed E-state index contributed by atoms with van der Waals surface area (Å²) in [6.07, 6.45) is 3.08. The second-order valence-electron chi connectivity index (χ2n) is 7.68. The molecule has 1 N–H and O–H groups in total. The number of carbonyl (C=O) groups is 1. The van der Waals surface area contributed by atoms with Gasteiger partial charge in [-0.15, -0.1) is 0 Å². The Morgan fingerprint density at radius 1 is 0.895 bits per heavy atom. The van der Waals surface area contributed by atoms with Crippen LogP contribution in [0.5, 0.6) is 23.0 Å². The summed E-state index contributed by atoms with van der Waals surface area (Å²) >= 11 is 18.7.